The van der Waals surface area contributed by atoms with Crippen molar-refractivity contribution in [2.45, 2.75) is 69.5 Å². The first-order chi connectivity index (χ1) is 21.7. The molecule has 1 aliphatic carbocycles. The van der Waals surface area contributed by atoms with Gasteiger partial charge in [-0.25, -0.2) is 8.42 Å². The normalized spacial score (nSPS) is 14.1. The molecular weight excluding hydrogens is 582 g/mol. The standard InChI is InChI=1S/C37H41N3O4S/c1-28-15-9-11-19-31(28)26-39(35(25-30-17-5-3-6-18-30)37(42)38-32-20-12-13-21-32)36(41)27-40(34-24-14-10-16-29(34)2)45(43,44)33-22-7-4-8-23-33/h3-11,14-19,22-24,32,35H,12-13,20-21,25-27H2,1-2H3,(H,38,42). The van der Waals surface area contributed by atoms with Gasteiger partial charge in [-0.15, -0.1) is 0 Å². The number of hydrogen-bond acceptors (Lipinski definition) is 4. The first kappa shape index (κ1) is 32.0. The fourth-order valence-corrected chi connectivity index (χ4v) is 7.47. The molecule has 0 spiro atoms. The summed E-state index contributed by atoms with van der Waals surface area (Å²) < 4.78 is 29.5. The molecule has 1 atom stereocenters. The Morgan fingerprint density at radius 1 is 0.778 bits per heavy atom. The predicted molar refractivity (Wildman–Crippen MR) is 178 cm³/mol. The first-order valence-electron chi connectivity index (χ1n) is 15.6. The topological polar surface area (TPSA) is 86.8 Å². The van der Waals surface area contributed by atoms with Gasteiger partial charge in [-0.05, 0) is 67.1 Å². The fourth-order valence-electron chi connectivity index (χ4n) is 5.97. The maximum absolute atomic E-state index is 14.6. The second kappa shape index (κ2) is 14.6. The van der Waals surface area contributed by atoms with E-state index in [9.17, 15) is 18.0 Å². The molecule has 0 bridgehead atoms. The molecule has 2 amide bonds. The van der Waals surface area contributed by atoms with E-state index < -0.39 is 28.5 Å². The van der Waals surface area contributed by atoms with Crippen LogP contribution in [0.4, 0.5) is 5.69 Å². The lowest BCUT2D eigenvalue weighted by Crippen LogP contribution is -2.54. The Morgan fingerprint density at radius 3 is 2.00 bits per heavy atom. The summed E-state index contributed by atoms with van der Waals surface area (Å²) in [7, 11) is -4.12. The number of sulfonamides is 1. The van der Waals surface area contributed by atoms with Crippen LogP contribution in [0.3, 0.4) is 0 Å². The third-order valence-corrected chi connectivity index (χ3v) is 10.3. The van der Waals surface area contributed by atoms with Crippen LogP contribution in [0.25, 0.3) is 0 Å². The van der Waals surface area contributed by atoms with Crippen LogP contribution in [0.15, 0.2) is 114 Å². The first-order valence-corrected chi connectivity index (χ1v) is 17.0. The van der Waals surface area contributed by atoms with E-state index in [1.165, 1.54) is 16.4 Å². The summed E-state index contributed by atoms with van der Waals surface area (Å²) in [6.45, 7) is 3.50. The van der Waals surface area contributed by atoms with Gasteiger partial charge in [-0.3, -0.25) is 13.9 Å². The maximum atomic E-state index is 14.6. The third-order valence-electron chi connectivity index (χ3n) is 8.57. The number of amides is 2. The van der Waals surface area contributed by atoms with Crippen LogP contribution in [0.2, 0.25) is 0 Å². The van der Waals surface area contributed by atoms with Gasteiger partial charge in [0.2, 0.25) is 11.8 Å². The number of nitrogens with one attached hydrogen (secondary N) is 1. The molecule has 8 heteroatoms. The Bertz CT molecular complexity index is 1700. The Labute approximate surface area is 266 Å². The lowest BCUT2D eigenvalue weighted by Gasteiger charge is -2.35. The summed E-state index contributed by atoms with van der Waals surface area (Å²) in [4.78, 5) is 30.4. The lowest BCUT2D eigenvalue weighted by molar-refractivity contribution is -0.140. The van der Waals surface area contributed by atoms with E-state index in [0.717, 1.165) is 47.9 Å². The van der Waals surface area contributed by atoms with Gasteiger partial charge in [0.25, 0.3) is 10.0 Å². The van der Waals surface area contributed by atoms with Crippen LogP contribution in [-0.2, 0) is 32.6 Å². The largest absolute Gasteiger partial charge is 0.352 e. The van der Waals surface area contributed by atoms with E-state index in [2.05, 4.69) is 5.32 Å². The van der Waals surface area contributed by atoms with Crippen LogP contribution in [0.1, 0.15) is 47.9 Å². The minimum absolute atomic E-state index is 0.0631. The number of rotatable bonds is 12. The zero-order valence-electron chi connectivity index (χ0n) is 25.9. The SMILES string of the molecule is Cc1ccccc1CN(C(=O)CN(c1ccccc1C)S(=O)(=O)c1ccccc1)C(Cc1ccccc1)C(=O)NC1CCCC1. The summed E-state index contributed by atoms with van der Waals surface area (Å²) in [5.74, 6) is -0.676. The quantitative estimate of drug-likeness (QED) is 0.204. The minimum Gasteiger partial charge on any atom is -0.352 e. The number of para-hydroxylation sites is 1. The molecule has 4 aromatic rings. The van der Waals surface area contributed by atoms with E-state index in [1.54, 1.807) is 35.2 Å². The summed E-state index contributed by atoms with van der Waals surface area (Å²) >= 11 is 0. The molecule has 0 aromatic heterocycles. The van der Waals surface area contributed by atoms with Gasteiger partial charge >= 0.3 is 0 Å². The maximum Gasteiger partial charge on any atom is 0.264 e. The zero-order valence-corrected chi connectivity index (χ0v) is 26.7. The van der Waals surface area contributed by atoms with Crippen molar-refractivity contribution in [1.29, 1.82) is 0 Å². The van der Waals surface area contributed by atoms with Crippen molar-refractivity contribution < 1.29 is 18.0 Å². The van der Waals surface area contributed by atoms with Gasteiger partial charge in [0.15, 0.2) is 0 Å². The molecule has 4 aromatic carbocycles. The van der Waals surface area contributed by atoms with E-state index in [0.29, 0.717) is 12.1 Å². The predicted octanol–water partition coefficient (Wildman–Crippen LogP) is 6.20. The highest BCUT2D eigenvalue weighted by atomic mass is 32.2. The molecule has 1 fully saturated rings. The Morgan fingerprint density at radius 2 is 1.36 bits per heavy atom. The minimum atomic E-state index is -4.12. The number of anilines is 1. The number of carbonyl (C=O) groups is 2. The molecule has 1 saturated carbocycles. The molecule has 7 nitrogen and oxygen atoms in total. The van der Waals surface area contributed by atoms with Crippen molar-refractivity contribution in [2.75, 3.05) is 10.8 Å². The van der Waals surface area contributed by atoms with E-state index in [4.69, 9.17) is 0 Å². The Hall–Kier alpha value is -4.43. The Kier molecular flexibility index (Phi) is 10.4. The second-order valence-electron chi connectivity index (χ2n) is 11.8. The molecular formula is C37H41N3O4S. The average Bonchev–Trinajstić information content (AvgIpc) is 3.56. The lowest BCUT2D eigenvalue weighted by atomic mass is 10.0. The number of aryl methyl sites for hydroxylation is 2. The summed E-state index contributed by atoms with van der Waals surface area (Å²) in [5.41, 5.74) is 3.93. The summed E-state index contributed by atoms with van der Waals surface area (Å²) in [6.07, 6.45) is 4.23. The molecule has 45 heavy (non-hydrogen) atoms. The highest BCUT2D eigenvalue weighted by Gasteiger charge is 2.36. The van der Waals surface area contributed by atoms with Gasteiger partial charge in [0.1, 0.15) is 12.6 Å². The summed E-state index contributed by atoms with van der Waals surface area (Å²) in [6, 6.07) is 31.9. The number of hydrogen-bond donors (Lipinski definition) is 1. The average molecular weight is 624 g/mol. The molecule has 0 heterocycles. The van der Waals surface area contributed by atoms with Gasteiger partial charge in [-0.2, -0.15) is 0 Å². The van der Waals surface area contributed by atoms with Crippen molar-refractivity contribution in [1.82, 2.24) is 10.2 Å². The molecule has 1 unspecified atom stereocenters. The van der Waals surface area contributed by atoms with Gasteiger partial charge in [0.05, 0.1) is 10.6 Å². The fraction of sp³-hybridized carbons (Fsp3) is 0.297. The van der Waals surface area contributed by atoms with Crippen molar-refractivity contribution in [2.24, 2.45) is 0 Å². The molecule has 0 aliphatic heterocycles. The van der Waals surface area contributed by atoms with Crippen molar-refractivity contribution in [3.63, 3.8) is 0 Å². The molecule has 1 aliphatic rings. The molecule has 234 valence electrons. The van der Waals surface area contributed by atoms with Gasteiger partial charge in [-0.1, -0.05) is 104 Å². The smallest absolute Gasteiger partial charge is 0.264 e. The van der Waals surface area contributed by atoms with Gasteiger partial charge < -0.3 is 10.2 Å². The number of carbonyl (C=O) groups excluding carboxylic acids is 2. The van der Waals surface area contributed by atoms with Crippen LogP contribution in [0.5, 0.6) is 0 Å². The summed E-state index contributed by atoms with van der Waals surface area (Å²) in [5, 5.41) is 3.22. The highest BCUT2D eigenvalue weighted by molar-refractivity contribution is 7.92. The molecule has 0 saturated heterocycles. The number of nitrogens with zero attached hydrogens (tertiary/aromatic N) is 2. The second-order valence-corrected chi connectivity index (χ2v) is 13.6. The molecule has 5 rings (SSSR count). The van der Waals surface area contributed by atoms with Crippen molar-refractivity contribution in [3.05, 3.63) is 131 Å². The van der Waals surface area contributed by atoms with Crippen molar-refractivity contribution in [3.8, 4) is 0 Å². The van der Waals surface area contributed by atoms with E-state index in [1.807, 2.05) is 80.6 Å². The zero-order chi connectivity index (χ0) is 31.8. The van der Waals surface area contributed by atoms with Crippen LogP contribution in [0, 0.1) is 13.8 Å². The van der Waals surface area contributed by atoms with E-state index in [-0.39, 0.29) is 23.4 Å². The Balaban J connectivity index is 1.57. The van der Waals surface area contributed by atoms with Crippen LogP contribution >= 0.6 is 0 Å². The van der Waals surface area contributed by atoms with E-state index >= 15 is 0 Å². The number of benzene rings is 4. The third kappa shape index (κ3) is 7.81. The molecule has 0 radical (unpaired) electrons. The van der Waals surface area contributed by atoms with Crippen LogP contribution in [-0.4, -0.2) is 43.8 Å². The van der Waals surface area contributed by atoms with Gasteiger partial charge in [0, 0.05) is 19.0 Å². The monoisotopic (exact) mass is 623 g/mol. The molecule has 1 N–H and O–H groups in total. The highest BCUT2D eigenvalue weighted by Crippen LogP contribution is 2.28. The van der Waals surface area contributed by atoms with Crippen molar-refractivity contribution >= 4 is 27.5 Å². The van der Waals surface area contributed by atoms with Crippen LogP contribution < -0.4 is 9.62 Å².